The number of allylic oxidation sites excluding steroid dienone is 1. The molecule has 0 rings (SSSR count). The molecule has 0 aromatic rings. The van der Waals surface area contributed by atoms with Crippen molar-refractivity contribution in [2.75, 3.05) is 6.61 Å². The van der Waals surface area contributed by atoms with Gasteiger partial charge in [-0.2, -0.15) is 0 Å². The van der Waals surface area contributed by atoms with Gasteiger partial charge in [0.2, 0.25) is 0 Å². The molecule has 0 aliphatic carbocycles. The van der Waals surface area contributed by atoms with E-state index in [2.05, 4.69) is 27.7 Å². The molecule has 0 spiro atoms. The molecule has 0 bridgehead atoms. The van der Waals surface area contributed by atoms with Crippen molar-refractivity contribution in [3.8, 4) is 0 Å². The number of aliphatic hydroxyl groups excluding tert-OH is 1. The van der Waals surface area contributed by atoms with Crippen LogP contribution in [0.4, 0.5) is 0 Å². The molecular weight excluding hydrogens is 196 g/mol. The van der Waals surface area contributed by atoms with Crippen LogP contribution in [-0.2, 0) is 0 Å². The molecule has 0 unspecified atom stereocenters. The Morgan fingerprint density at radius 2 is 1.69 bits per heavy atom. The first-order chi connectivity index (χ1) is 7.56. The van der Waals surface area contributed by atoms with E-state index in [0.29, 0.717) is 0 Å². The van der Waals surface area contributed by atoms with Crippen LogP contribution in [0, 0.1) is 11.8 Å². The molecule has 1 nitrogen and oxygen atoms in total. The molecule has 1 N–H and O–H groups in total. The van der Waals surface area contributed by atoms with Crippen molar-refractivity contribution in [1.29, 1.82) is 0 Å². The van der Waals surface area contributed by atoms with Crippen molar-refractivity contribution in [1.82, 2.24) is 0 Å². The van der Waals surface area contributed by atoms with Crippen molar-refractivity contribution in [3.63, 3.8) is 0 Å². The first kappa shape index (κ1) is 15.7. The molecule has 0 amide bonds. The first-order valence-corrected chi connectivity index (χ1v) is 6.82. The maximum absolute atomic E-state index is 8.74. The highest BCUT2D eigenvalue weighted by molar-refractivity contribution is 4.97. The van der Waals surface area contributed by atoms with Gasteiger partial charge in [-0.3, -0.25) is 0 Å². The van der Waals surface area contributed by atoms with Crippen molar-refractivity contribution in [2.45, 2.75) is 66.2 Å². The zero-order valence-corrected chi connectivity index (χ0v) is 11.6. The molecular formula is C15H30O. The van der Waals surface area contributed by atoms with Crippen LogP contribution in [0.2, 0.25) is 0 Å². The van der Waals surface area contributed by atoms with Crippen molar-refractivity contribution in [3.05, 3.63) is 11.6 Å². The van der Waals surface area contributed by atoms with Gasteiger partial charge in [0, 0.05) is 0 Å². The van der Waals surface area contributed by atoms with Crippen LogP contribution in [-0.4, -0.2) is 11.7 Å². The monoisotopic (exact) mass is 226 g/mol. The Labute approximate surface area is 102 Å². The highest BCUT2D eigenvalue weighted by Gasteiger charge is 2.03. The van der Waals surface area contributed by atoms with Gasteiger partial charge in [0.1, 0.15) is 0 Å². The molecule has 96 valence electrons. The number of rotatable bonds is 9. The molecule has 0 fully saturated rings. The van der Waals surface area contributed by atoms with Crippen LogP contribution in [0.5, 0.6) is 0 Å². The van der Waals surface area contributed by atoms with Gasteiger partial charge >= 0.3 is 0 Å². The summed E-state index contributed by atoms with van der Waals surface area (Å²) >= 11 is 0. The third-order valence-electron chi connectivity index (χ3n) is 3.19. The van der Waals surface area contributed by atoms with Crippen LogP contribution < -0.4 is 0 Å². The van der Waals surface area contributed by atoms with Crippen LogP contribution >= 0.6 is 0 Å². The Balaban J connectivity index is 3.43. The Hall–Kier alpha value is -0.300. The number of hydrogen-bond donors (Lipinski definition) is 1. The summed E-state index contributed by atoms with van der Waals surface area (Å²) in [6.07, 6.45) is 9.79. The standard InChI is InChI=1S/C15H30O/c1-13(2)7-5-8-14(3)9-6-10-15(4)11-12-16/h11,13-14,16H,5-10,12H2,1-4H3/b15-11+/t14-/m1/s1. The average molecular weight is 226 g/mol. The molecule has 0 aliphatic heterocycles. The molecule has 1 heteroatoms. The van der Waals surface area contributed by atoms with Crippen LogP contribution in [0.15, 0.2) is 11.6 Å². The summed E-state index contributed by atoms with van der Waals surface area (Å²) in [6, 6.07) is 0. The topological polar surface area (TPSA) is 20.2 Å². The summed E-state index contributed by atoms with van der Waals surface area (Å²) in [5, 5.41) is 8.74. The van der Waals surface area contributed by atoms with Gasteiger partial charge in [0.05, 0.1) is 6.61 Å². The molecule has 0 saturated carbocycles. The molecule has 1 atom stereocenters. The van der Waals surface area contributed by atoms with Crippen LogP contribution in [0.3, 0.4) is 0 Å². The second-order valence-corrected chi connectivity index (χ2v) is 5.56. The summed E-state index contributed by atoms with van der Waals surface area (Å²) in [4.78, 5) is 0. The van der Waals surface area contributed by atoms with E-state index in [4.69, 9.17) is 5.11 Å². The third-order valence-corrected chi connectivity index (χ3v) is 3.19. The quantitative estimate of drug-likeness (QED) is 0.571. The van der Waals surface area contributed by atoms with E-state index >= 15 is 0 Å². The Kier molecular flexibility index (Phi) is 9.71. The molecule has 0 saturated heterocycles. The van der Waals surface area contributed by atoms with Crippen molar-refractivity contribution >= 4 is 0 Å². The summed E-state index contributed by atoms with van der Waals surface area (Å²) in [6.45, 7) is 9.27. The van der Waals surface area contributed by atoms with E-state index in [9.17, 15) is 0 Å². The lowest BCUT2D eigenvalue weighted by molar-refractivity contribution is 0.341. The lowest BCUT2D eigenvalue weighted by atomic mass is 9.94. The van der Waals surface area contributed by atoms with Gasteiger partial charge in [-0.05, 0) is 31.6 Å². The van der Waals surface area contributed by atoms with Crippen LogP contribution in [0.25, 0.3) is 0 Å². The number of hydrogen-bond acceptors (Lipinski definition) is 1. The van der Waals surface area contributed by atoms with E-state index in [1.807, 2.05) is 6.08 Å². The lowest BCUT2D eigenvalue weighted by Gasteiger charge is -2.12. The molecule has 0 heterocycles. The van der Waals surface area contributed by atoms with Gasteiger partial charge in [0.15, 0.2) is 0 Å². The summed E-state index contributed by atoms with van der Waals surface area (Å²) in [7, 11) is 0. The SMILES string of the molecule is C/C(=C\CO)CCC[C@H](C)CCCC(C)C. The summed E-state index contributed by atoms with van der Waals surface area (Å²) < 4.78 is 0. The average Bonchev–Trinajstić information content (AvgIpc) is 2.17. The maximum Gasteiger partial charge on any atom is 0.0614 e. The summed E-state index contributed by atoms with van der Waals surface area (Å²) in [5.74, 6) is 1.71. The highest BCUT2D eigenvalue weighted by Crippen LogP contribution is 2.18. The minimum atomic E-state index is 0.190. The molecule has 16 heavy (non-hydrogen) atoms. The predicted molar refractivity (Wildman–Crippen MR) is 72.5 cm³/mol. The third kappa shape index (κ3) is 10.2. The minimum absolute atomic E-state index is 0.190. The van der Waals surface area contributed by atoms with E-state index < -0.39 is 0 Å². The second kappa shape index (κ2) is 9.89. The Morgan fingerprint density at radius 1 is 1.06 bits per heavy atom. The zero-order chi connectivity index (χ0) is 12.4. The second-order valence-electron chi connectivity index (χ2n) is 5.56. The smallest absolute Gasteiger partial charge is 0.0614 e. The normalized spacial score (nSPS) is 14.5. The maximum atomic E-state index is 8.74. The fourth-order valence-corrected chi connectivity index (χ4v) is 2.01. The van der Waals surface area contributed by atoms with E-state index in [0.717, 1.165) is 18.3 Å². The van der Waals surface area contributed by atoms with Gasteiger partial charge in [-0.15, -0.1) is 0 Å². The van der Waals surface area contributed by atoms with E-state index in [1.165, 1.54) is 37.7 Å². The van der Waals surface area contributed by atoms with E-state index in [1.54, 1.807) is 0 Å². The zero-order valence-electron chi connectivity index (χ0n) is 11.6. The molecule has 0 aromatic carbocycles. The molecule has 0 radical (unpaired) electrons. The molecule has 0 aromatic heterocycles. The first-order valence-electron chi connectivity index (χ1n) is 6.82. The summed E-state index contributed by atoms with van der Waals surface area (Å²) in [5.41, 5.74) is 1.33. The van der Waals surface area contributed by atoms with Gasteiger partial charge in [0.25, 0.3) is 0 Å². The van der Waals surface area contributed by atoms with Crippen molar-refractivity contribution < 1.29 is 5.11 Å². The fourth-order valence-electron chi connectivity index (χ4n) is 2.01. The van der Waals surface area contributed by atoms with E-state index in [-0.39, 0.29) is 6.61 Å². The fraction of sp³-hybridized carbons (Fsp3) is 0.867. The highest BCUT2D eigenvalue weighted by atomic mass is 16.2. The van der Waals surface area contributed by atoms with Gasteiger partial charge in [-0.1, -0.05) is 58.1 Å². The molecule has 0 aliphatic rings. The minimum Gasteiger partial charge on any atom is -0.392 e. The van der Waals surface area contributed by atoms with Crippen LogP contribution in [0.1, 0.15) is 66.2 Å². The Morgan fingerprint density at radius 3 is 2.25 bits per heavy atom. The number of aliphatic hydroxyl groups is 1. The predicted octanol–water partition coefficient (Wildman–Crippen LogP) is 4.56. The van der Waals surface area contributed by atoms with Gasteiger partial charge in [-0.25, -0.2) is 0 Å². The van der Waals surface area contributed by atoms with Gasteiger partial charge < -0.3 is 5.11 Å². The lowest BCUT2D eigenvalue weighted by Crippen LogP contribution is -1.97. The Bertz CT molecular complexity index is 182. The van der Waals surface area contributed by atoms with Crippen molar-refractivity contribution in [2.24, 2.45) is 11.8 Å². The largest absolute Gasteiger partial charge is 0.392 e.